The molecule has 96 valence electrons. The molecule has 0 saturated carbocycles. The van der Waals surface area contributed by atoms with Gasteiger partial charge in [0.25, 0.3) is 0 Å². The highest BCUT2D eigenvalue weighted by molar-refractivity contribution is 5.99. The van der Waals surface area contributed by atoms with E-state index in [0.29, 0.717) is 18.7 Å². The Morgan fingerprint density at radius 2 is 2.26 bits per heavy atom. The number of carbonyl (C=O) groups excluding carboxylic acids is 2. The summed E-state index contributed by atoms with van der Waals surface area (Å²) in [6.45, 7) is 1.54. The Labute approximate surface area is 110 Å². The lowest BCUT2D eigenvalue weighted by atomic mass is 10.1. The van der Waals surface area contributed by atoms with Crippen molar-refractivity contribution in [2.75, 3.05) is 5.32 Å². The smallest absolute Gasteiger partial charge is 0.228 e. The zero-order valence-electron chi connectivity index (χ0n) is 10.5. The molecule has 1 aliphatic rings. The number of aromatic amines is 1. The Kier molecular flexibility index (Phi) is 2.67. The van der Waals surface area contributed by atoms with Crippen molar-refractivity contribution in [3.8, 4) is 11.3 Å². The molecule has 2 N–H and O–H groups in total. The monoisotopic (exact) mass is 255 g/mol. The van der Waals surface area contributed by atoms with Crippen molar-refractivity contribution in [2.45, 2.75) is 19.8 Å². The summed E-state index contributed by atoms with van der Waals surface area (Å²) in [6.07, 6.45) is 2.44. The number of Topliss-reactive ketones (excluding diaryl/α,β-unsaturated/α-hetero) is 1. The summed E-state index contributed by atoms with van der Waals surface area (Å²) < 4.78 is 0. The molecule has 1 amide bonds. The lowest BCUT2D eigenvalue weighted by Crippen LogP contribution is -2.03. The molecule has 0 spiro atoms. The molecule has 0 saturated heterocycles. The first kappa shape index (κ1) is 11.6. The molecule has 1 aromatic carbocycles. The number of imidazole rings is 1. The molecule has 1 aliphatic heterocycles. The molecule has 0 unspecified atom stereocenters. The summed E-state index contributed by atoms with van der Waals surface area (Å²) >= 11 is 0. The van der Waals surface area contributed by atoms with E-state index in [0.717, 1.165) is 22.5 Å². The predicted octanol–water partition coefficient (Wildman–Crippen LogP) is 1.70. The van der Waals surface area contributed by atoms with Gasteiger partial charge in [-0.05, 0) is 30.2 Å². The van der Waals surface area contributed by atoms with Crippen LogP contribution in [0.25, 0.3) is 11.3 Å². The van der Waals surface area contributed by atoms with E-state index in [2.05, 4.69) is 15.3 Å². The van der Waals surface area contributed by atoms with Crippen molar-refractivity contribution < 1.29 is 9.59 Å². The number of rotatable bonds is 3. The van der Waals surface area contributed by atoms with Crippen LogP contribution in [0.2, 0.25) is 0 Å². The van der Waals surface area contributed by atoms with Crippen LogP contribution in [-0.4, -0.2) is 21.7 Å². The Balaban J connectivity index is 1.90. The van der Waals surface area contributed by atoms with Crippen molar-refractivity contribution in [1.29, 1.82) is 0 Å². The van der Waals surface area contributed by atoms with E-state index in [1.54, 1.807) is 6.20 Å². The van der Waals surface area contributed by atoms with E-state index >= 15 is 0 Å². The standard InChI is InChI=1S/C14H13N3O2/c1-8(18)4-13-15-7-12(16-13)9-2-3-11-10(5-9)6-14(19)17-11/h2-3,5,7H,4,6H2,1H3,(H,15,16)(H,17,19). The van der Waals surface area contributed by atoms with Gasteiger partial charge < -0.3 is 10.3 Å². The highest BCUT2D eigenvalue weighted by Crippen LogP contribution is 2.28. The molecule has 19 heavy (non-hydrogen) atoms. The van der Waals surface area contributed by atoms with E-state index in [4.69, 9.17) is 0 Å². The van der Waals surface area contributed by atoms with Gasteiger partial charge in [-0.1, -0.05) is 6.07 Å². The predicted molar refractivity (Wildman–Crippen MR) is 70.7 cm³/mol. The van der Waals surface area contributed by atoms with Crippen molar-refractivity contribution in [3.05, 3.63) is 35.8 Å². The number of anilines is 1. The molecule has 1 aromatic heterocycles. The van der Waals surface area contributed by atoms with Gasteiger partial charge in [0.05, 0.1) is 24.7 Å². The Morgan fingerprint density at radius 1 is 1.42 bits per heavy atom. The van der Waals surface area contributed by atoms with E-state index in [1.807, 2.05) is 18.2 Å². The molecular weight excluding hydrogens is 242 g/mol. The van der Waals surface area contributed by atoms with Crippen LogP contribution in [0.15, 0.2) is 24.4 Å². The molecule has 5 nitrogen and oxygen atoms in total. The van der Waals surface area contributed by atoms with Crippen molar-refractivity contribution >= 4 is 17.4 Å². The van der Waals surface area contributed by atoms with Crippen LogP contribution in [0.1, 0.15) is 18.3 Å². The third kappa shape index (κ3) is 2.27. The number of ketones is 1. The number of carbonyl (C=O) groups is 2. The van der Waals surface area contributed by atoms with Crippen LogP contribution >= 0.6 is 0 Å². The Morgan fingerprint density at radius 3 is 3.05 bits per heavy atom. The molecule has 0 fully saturated rings. The number of aromatic nitrogens is 2. The van der Waals surface area contributed by atoms with Gasteiger partial charge in [-0.25, -0.2) is 4.98 Å². The number of hydrogen-bond acceptors (Lipinski definition) is 3. The van der Waals surface area contributed by atoms with Crippen LogP contribution in [0.4, 0.5) is 5.69 Å². The van der Waals surface area contributed by atoms with E-state index in [-0.39, 0.29) is 11.7 Å². The van der Waals surface area contributed by atoms with E-state index in [1.165, 1.54) is 6.92 Å². The molecule has 0 aliphatic carbocycles. The minimum absolute atomic E-state index is 0.0222. The van der Waals surface area contributed by atoms with Gasteiger partial charge in [-0.2, -0.15) is 0 Å². The van der Waals surface area contributed by atoms with Gasteiger partial charge in [-0.3, -0.25) is 9.59 Å². The first-order valence-electron chi connectivity index (χ1n) is 6.08. The first-order chi connectivity index (χ1) is 9.11. The van der Waals surface area contributed by atoms with Crippen molar-refractivity contribution in [3.63, 3.8) is 0 Å². The van der Waals surface area contributed by atoms with Gasteiger partial charge in [-0.15, -0.1) is 0 Å². The molecule has 2 aromatic rings. The molecule has 0 bridgehead atoms. The fourth-order valence-corrected chi connectivity index (χ4v) is 2.23. The van der Waals surface area contributed by atoms with E-state index in [9.17, 15) is 9.59 Å². The number of hydrogen-bond donors (Lipinski definition) is 2. The Hall–Kier alpha value is -2.43. The lowest BCUT2D eigenvalue weighted by molar-refractivity contribution is -0.116. The second-order valence-corrected chi connectivity index (χ2v) is 4.72. The first-order valence-corrected chi connectivity index (χ1v) is 6.08. The number of fused-ring (bicyclic) bond motifs is 1. The molecule has 0 radical (unpaired) electrons. The zero-order valence-corrected chi connectivity index (χ0v) is 10.5. The third-order valence-corrected chi connectivity index (χ3v) is 3.09. The topological polar surface area (TPSA) is 74.8 Å². The van der Waals surface area contributed by atoms with Gasteiger partial charge in [0.1, 0.15) is 11.6 Å². The second-order valence-electron chi connectivity index (χ2n) is 4.72. The zero-order chi connectivity index (χ0) is 13.4. The number of H-pyrrole nitrogens is 1. The van der Waals surface area contributed by atoms with Gasteiger partial charge in [0, 0.05) is 5.69 Å². The maximum Gasteiger partial charge on any atom is 0.228 e. The Bertz CT molecular complexity index is 673. The SMILES string of the molecule is CC(=O)Cc1ncc(-c2ccc3c(c2)CC(=O)N3)[nH]1. The number of nitrogens with zero attached hydrogens (tertiary/aromatic N) is 1. The average Bonchev–Trinajstić information content (AvgIpc) is 2.92. The molecular formula is C14H13N3O2. The summed E-state index contributed by atoms with van der Waals surface area (Å²) in [5.41, 5.74) is 3.69. The highest BCUT2D eigenvalue weighted by Gasteiger charge is 2.18. The van der Waals surface area contributed by atoms with Crippen molar-refractivity contribution in [1.82, 2.24) is 9.97 Å². The number of amides is 1. The van der Waals surface area contributed by atoms with Gasteiger partial charge in [0.15, 0.2) is 0 Å². The lowest BCUT2D eigenvalue weighted by Gasteiger charge is -2.01. The van der Waals surface area contributed by atoms with Gasteiger partial charge >= 0.3 is 0 Å². The molecule has 2 heterocycles. The van der Waals surface area contributed by atoms with Crippen LogP contribution in [-0.2, 0) is 22.4 Å². The quantitative estimate of drug-likeness (QED) is 0.876. The van der Waals surface area contributed by atoms with Gasteiger partial charge in [0.2, 0.25) is 5.91 Å². The maximum absolute atomic E-state index is 11.3. The third-order valence-electron chi connectivity index (χ3n) is 3.09. The summed E-state index contributed by atoms with van der Waals surface area (Å²) in [6, 6.07) is 5.79. The average molecular weight is 255 g/mol. The largest absolute Gasteiger partial charge is 0.342 e. The fourth-order valence-electron chi connectivity index (χ4n) is 2.23. The second kappa shape index (κ2) is 4.35. The summed E-state index contributed by atoms with van der Waals surface area (Å²) in [5.74, 6) is 0.760. The number of nitrogens with one attached hydrogen (secondary N) is 2. The minimum Gasteiger partial charge on any atom is -0.342 e. The summed E-state index contributed by atoms with van der Waals surface area (Å²) in [4.78, 5) is 29.7. The van der Waals surface area contributed by atoms with Crippen LogP contribution < -0.4 is 5.32 Å². The van der Waals surface area contributed by atoms with Crippen LogP contribution in [0, 0.1) is 0 Å². The molecule has 0 atom stereocenters. The molecule has 5 heteroatoms. The van der Waals surface area contributed by atoms with Crippen molar-refractivity contribution in [2.24, 2.45) is 0 Å². The highest BCUT2D eigenvalue weighted by atomic mass is 16.1. The molecule has 3 rings (SSSR count). The fraction of sp³-hybridized carbons (Fsp3) is 0.214. The normalized spacial score (nSPS) is 13.2. The van der Waals surface area contributed by atoms with Crippen LogP contribution in [0.5, 0.6) is 0 Å². The van der Waals surface area contributed by atoms with Crippen LogP contribution in [0.3, 0.4) is 0 Å². The minimum atomic E-state index is 0.0222. The number of benzene rings is 1. The van der Waals surface area contributed by atoms with E-state index < -0.39 is 0 Å². The maximum atomic E-state index is 11.3. The summed E-state index contributed by atoms with van der Waals surface area (Å²) in [7, 11) is 0. The summed E-state index contributed by atoms with van der Waals surface area (Å²) in [5, 5.41) is 2.80.